The molecule has 5 rings (SSSR count). The van der Waals surface area contributed by atoms with Gasteiger partial charge in [0.05, 0.1) is 6.54 Å². The number of likely N-dealkylation sites (tertiary alicyclic amines) is 1. The van der Waals surface area contributed by atoms with Gasteiger partial charge in [0.25, 0.3) is 0 Å². The summed E-state index contributed by atoms with van der Waals surface area (Å²) in [5.74, 6) is 7.57. The van der Waals surface area contributed by atoms with E-state index in [-0.39, 0.29) is 6.79 Å². The Morgan fingerprint density at radius 1 is 0.971 bits per heavy atom. The van der Waals surface area contributed by atoms with Crippen LogP contribution in [0.4, 0.5) is 11.4 Å². The second-order valence-electron chi connectivity index (χ2n) is 9.64. The van der Waals surface area contributed by atoms with Crippen LogP contribution >= 0.6 is 0 Å². The van der Waals surface area contributed by atoms with Crippen molar-refractivity contribution in [2.45, 2.75) is 50.6 Å². The molecule has 4 heterocycles. The van der Waals surface area contributed by atoms with Crippen molar-refractivity contribution >= 4 is 11.4 Å². The van der Waals surface area contributed by atoms with Gasteiger partial charge in [0, 0.05) is 55.9 Å². The molecule has 3 saturated heterocycles. The molecule has 3 aliphatic rings. The Morgan fingerprint density at radius 2 is 1.76 bits per heavy atom. The van der Waals surface area contributed by atoms with Crippen molar-refractivity contribution in [3.05, 3.63) is 48.3 Å². The summed E-state index contributed by atoms with van der Waals surface area (Å²) in [7, 11) is 1.65. The van der Waals surface area contributed by atoms with E-state index < -0.39 is 0 Å². The van der Waals surface area contributed by atoms with E-state index in [1.54, 1.807) is 7.11 Å². The summed E-state index contributed by atoms with van der Waals surface area (Å²) in [4.78, 5) is 12.2. The Morgan fingerprint density at radius 3 is 2.53 bits per heavy atom. The molecule has 3 fully saturated rings. The second kappa shape index (κ2) is 11.1. The number of anilines is 2. The molecular formula is C28H36N4O2. The molecule has 0 saturated carbocycles. The lowest BCUT2D eigenvalue weighted by Gasteiger charge is -2.43. The topological polar surface area (TPSA) is 41.1 Å². The summed E-state index contributed by atoms with van der Waals surface area (Å²) in [6.07, 6.45) is 9.68. The molecule has 2 atom stereocenters. The van der Waals surface area contributed by atoms with Crippen LogP contribution < -0.4 is 14.5 Å². The van der Waals surface area contributed by atoms with E-state index in [0.717, 1.165) is 31.1 Å². The van der Waals surface area contributed by atoms with Gasteiger partial charge < -0.3 is 19.3 Å². The van der Waals surface area contributed by atoms with Crippen molar-refractivity contribution in [2.75, 3.05) is 56.4 Å². The standard InChI is InChI=1S/C28H36N4O2/c1-33-22-34-28-10-6-9-24(19-28)31-20-26-11-12-27(21-31)32(26)25-13-14-29-23(18-25)8-7-17-30-15-4-2-3-5-16-30/h6,9-10,13-14,18-19,26-27H,2-5,11-12,15-17,20-22H2,1H3. The van der Waals surface area contributed by atoms with Gasteiger partial charge in [-0.05, 0) is 69.0 Å². The number of aromatic nitrogens is 1. The van der Waals surface area contributed by atoms with Crippen LogP contribution in [0.5, 0.6) is 5.75 Å². The Kier molecular flexibility index (Phi) is 7.52. The number of rotatable bonds is 6. The molecule has 0 radical (unpaired) electrons. The summed E-state index contributed by atoms with van der Waals surface area (Å²) in [6.45, 7) is 5.51. The molecule has 6 heteroatoms. The highest BCUT2D eigenvalue weighted by Gasteiger charge is 2.40. The van der Waals surface area contributed by atoms with Crippen molar-refractivity contribution in [1.82, 2.24) is 9.88 Å². The third-order valence-corrected chi connectivity index (χ3v) is 7.27. The van der Waals surface area contributed by atoms with Crippen LogP contribution in [0.2, 0.25) is 0 Å². The summed E-state index contributed by atoms with van der Waals surface area (Å²) in [6, 6.07) is 13.7. The fourth-order valence-corrected chi connectivity index (χ4v) is 5.62. The smallest absolute Gasteiger partial charge is 0.188 e. The van der Waals surface area contributed by atoms with Gasteiger partial charge in [-0.15, -0.1) is 0 Å². The van der Waals surface area contributed by atoms with Gasteiger partial charge in [0.2, 0.25) is 0 Å². The van der Waals surface area contributed by atoms with Crippen LogP contribution in [-0.4, -0.2) is 68.6 Å². The number of fused-ring (bicyclic) bond motifs is 2. The third kappa shape index (κ3) is 5.48. The zero-order valence-electron chi connectivity index (χ0n) is 20.3. The highest BCUT2D eigenvalue weighted by molar-refractivity contribution is 5.58. The lowest BCUT2D eigenvalue weighted by Crippen LogP contribution is -2.54. The molecule has 2 aromatic rings. The second-order valence-corrected chi connectivity index (χ2v) is 9.64. The zero-order valence-corrected chi connectivity index (χ0v) is 20.3. The number of methoxy groups -OCH3 is 1. The van der Waals surface area contributed by atoms with Gasteiger partial charge in [-0.3, -0.25) is 4.90 Å². The lowest BCUT2D eigenvalue weighted by atomic mass is 10.1. The van der Waals surface area contributed by atoms with Gasteiger partial charge >= 0.3 is 0 Å². The summed E-state index contributed by atoms with van der Waals surface area (Å²) >= 11 is 0. The van der Waals surface area contributed by atoms with Gasteiger partial charge in [-0.25, -0.2) is 4.98 Å². The Hall–Kier alpha value is -2.75. The van der Waals surface area contributed by atoms with E-state index in [2.05, 4.69) is 61.9 Å². The number of hydrogen-bond donors (Lipinski definition) is 0. The zero-order chi connectivity index (χ0) is 23.2. The van der Waals surface area contributed by atoms with Gasteiger partial charge in [-0.2, -0.15) is 0 Å². The number of nitrogens with zero attached hydrogens (tertiary/aromatic N) is 4. The molecule has 2 unspecified atom stereocenters. The number of benzene rings is 1. The number of piperazine rings is 1. The van der Waals surface area contributed by atoms with Crippen molar-refractivity contribution < 1.29 is 9.47 Å². The maximum Gasteiger partial charge on any atom is 0.188 e. The molecule has 3 aliphatic heterocycles. The maximum absolute atomic E-state index is 5.65. The minimum Gasteiger partial charge on any atom is -0.467 e. The van der Waals surface area contributed by atoms with Crippen LogP contribution in [0.3, 0.4) is 0 Å². The lowest BCUT2D eigenvalue weighted by molar-refractivity contribution is 0.0511. The van der Waals surface area contributed by atoms with Gasteiger partial charge in [-0.1, -0.05) is 24.8 Å². The summed E-state index contributed by atoms with van der Waals surface area (Å²) in [5.41, 5.74) is 3.37. The summed E-state index contributed by atoms with van der Waals surface area (Å²) in [5, 5.41) is 0. The van der Waals surface area contributed by atoms with Crippen molar-refractivity contribution in [3.63, 3.8) is 0 Å². The van der Waals surface area contributed by atoms with Crippen LogP contribution in [-0.2, 0) is 4.74 Å². The highest BCUT2D eigenvalue weighted by Crippen LogP contribution is 2.37. The van der Waals surface area contributed by atoms with E-state index >= 15 is 0 Å². The first kappa shape index (κ1) is 23.0. The average Bonchev–Trinajstić information content (AvgIpc) is 3.03. The first-order valence-corrected chi connectivity index (χ1v) is 12.7. The third-order valence-electron chi connectivity index (χ3n) is 7.27. The van der Waals surface area contributed by atoms with Crippen LogP contribution in [0, 0.1) is 11.8 Å². The minimum absolute atomic E-state index is 0.272. The van der Waals surface area contributed by atoms with E-state index in [4.69, 9.17) is 9.47 Å². The number of ether oxygens (including phenoxy) is 2. The van der Waals surface area contributed by atoms with E-state index in [1.807, 2.05) is 12.3 Å². The Balaban J connectivity index is 1.24. The predicted octanol–water partition coefficient (Wildman–Crippen LogP) is 4.15. The van der Waals surface area contributed by atoms with Crippen LogP contribution in [0.1, 0.15) is 44.2 Å². The quantitative estimate of drug-likeness (QED) is 0.477. The first-order valence-electron chi connectivity index (χ1n) is 12.7. The van der Waals surface area contributed by atoms with Crippen LogP contribution in [0.15, 0.2) is 42.6 Å². The predicted molar refractivity (Wildman–Crippen MR) is 136 cm³/mol. The Labute approximate surface area is 203 Å². The normalized spacial score (nSPS) is 22.7. The largest absolute Gasteiger partial charge is 0.467 e. The van der Waals surface area contributed by atoms with E-state index in [1.165, 1.54) is 63.0 Å². The number of pyridine rings is 1. The molecule has 0 aliphatic carbocycles. The van der Waals surface area contributed by atoms with Crippen LogP contribution in [0.25, 0.3) is 0 Å². The van der Waals surface area contributed by atoms with E-state index in [9.17, 15) is 0 Å². The molecule has 1 aromatic heterocycles. The molecular weight excluding hydrogens is 424 g/mol. The molecule has 34 heavy (non-hydrogen) atoms. The molecule has 2 bridgehead atoms. The van der Waals surface area contributed by atoms with Crippen molar-refractivity contribution in [1.29, 1.82) is 0 Å². The maximum atomic E-state index is 5.65. The molecule has 0 amide bonds. The Bertz CT molecular complexity index is 995. The molecule has 0 spiro atoms. The minimum atomic E-state index is 0.272. The van der Waals surface area contributed by atoms with Gasteiger partial charge in [0.1, 0.15) is 11.4 Å². The monoisotopic (exact) mass is 460 g/mol. The van der Waals surface area contributed by atoms with Crippen molar-refractivity contribution in [3.8, 4) is 17.6 Å². The first-order chi connectivity index (χ1) is 16.8. The molecule has 1 aromatic carbocycles. The fourth-order valence-electron chi connectivity index (χ4n) is 5.62. The number of hydrogen-bond acceptors (Lipinski definition) is 6. The SMILES string of the molecule is COCOc1cccc(N2CC3CCC(C2)N3c2ccnc(C#CCN3CCCCCC3)c2)c1. The van der Waals surface area contributed by atoms with Gasteiger partial charge in [0.15, 0.2) is 6.79 Å². The fraction of sp³-hybridized carbons (Fsp3) is 0.536. The highest BCUT2D eigenvalue weighted by atomic mass is 16.7. The summed E-state index contributed by atoms with van der Waals surface area (Å²) < 4.78 is 10.7. The average molecular weight is 461 g/mol. The molecule has 6 nitrogen and oxygen atoms in total. The molecule has 0 N–H and O–H groups in total. The van der Waals surface area contributed by atoms with E-state index in [0.29, 0.717) is 12.1 Å². The molecule has 180 valence electrons. The van der Waals surface area contributed by atoms with Crippen molar-refractivity contribution in [2.24, 2.45) is 0 Å².